The molecule has 1 saturated carbocycles. The molecule has 0 unspecified atom stereocenters. The molecular weight excluding hydrogens is 415 g/mol. The number of hydrogen-bond acceptors (Lipinski definition) is 5. The van der Waals surface area contributed by atoms with Gasteiger partial charge in [0.15, 0.2) is 5.82 Å². The summed E-state index contributed by atoms with van der Waals surface area (Å²) in [4.78, 5) is 15.8. The van der Waals surface area contributed by atoms with Gasteiger partial charge in [0.2, 0.25) is 5.95 Å². The number of likely N-dealkylation sites (tertiary alicyclic amines) is 1. The summed E-state index contributed by atoms with van der Waals surface area (Å²) in [5.41, 5.74) is 3.76. The van der Waals surface area contributed by atoms with Crippen LogP contribution in [0.1, 0.15) is 25.7 Å². The Kier molecular flexibility index (Phi) is 5.26. The minimum Gasteiger partial charge on any atom is -0.351 e. The van der Waals surface area contributed by atoms with Crippen molar-refractivity contribution in [2.45, 2.75) is 31.7 Å². The van der Waals surface area contributed by atoms with Crippen molar-refractivity contribution in [3.05, 3.63) is 66.9 Å². The maximum atomic E-state index is 14.8. The Hall–Kier alpha value is -3.32. The normalized spacial score (nSPS) is 17.5. The predicted octanol–water partition coefficient (Wildman–Crippen LogP) is 4.88. The lowest BCUT2D eigenvalue weighted by Crippen LogP contribution is -2.40. The Morgan fingerprint density at radius 2 is 1.73 bits per heavy atom. The number of fused-ring (bicyclic) bond motifs is 1. The van der Waals surface area contributed by atoms with Crippen molar-refractivity contribution < 1.29 is 4.39 Å². The van der Waals surface area contributed by atoms with Gasteiger partial charge in [0.1, 0.15) is 11.3 Å². The lowest BCUT2D eigenvalue weighted by molar-refractivity contribution is 0.211. The van der Waals surface area contributed by atoms with Crippen LogP contribution in [0.2, 0.25) is 0 Å². The highest BCUT2D eigenvalue weighted by Crippen LogP contribution is 2.31. The molecule has 4 heterocycles. The average molecular weight is 443 g/mol. The van der Waals surface area contributed by atoms with Gasteiger partial charge in [0, 0.05) is 31.9 Å². The molecule has 0 atom stereocenters. The topological polar surface area (TPSA) is 58.4 Å². The summed E-state index contributed by atoms with van der Waals surface area (Å²) in [5, 5.41) is 3.44. The molecule has 4 aromatic rings. The van der Waals surface area contributed by atoms with Crippen LogP contribution in [-0.2, 0) is 0 Å². The first kappa shape index (κ1) is 20.3. The fourth-order valence-corrected chi connectivity index (χ4v) is 4.68. The Morgan fingerprint density at radius 1 is 0.909 bits per heavy atom. The van der Waals surface area contributed by atoms with Crippen LogP contribution >= 0.6 is 0 Å². The van der Waals surface area contributed by atoms with E-state index in [4.69, 9.17) is 0 Å². The summed E-state index contributed by atoms with van der Waals surface area (Å²) < 4.78 is 16.7. The molecule has 2 fully saturated rings. The third-order valence-electron chi connectivity index (χ3n) is 6.73. The zero-order valence-electron chi connectivity index (χ0n) is 18.5. The molecule has 7 heteroatoms. The second kappa shape index (κ2) is 8.56. The Labute approximate surface area is 192 Å². The molecule has 33 heavy (non-hydrogen) atoms. The second-order valence-electron chi connectivity index (χ2n) is 9.21. The van der Waals surface area contributed by atoms with Gasteiger partial charge >= 0.3 is 0 Å². The van der Waals surface area contributed by atoms with Crippen LogP contribution in [0.15, 0.2) is 61.1 Å². The molecule has 168 valence electrons. The van der Waals surface area contributed by atoms with Crippen LogP contribution < -0.4 is 5.32 Å². The number of piperidine rings is 1. The molecule has 2 aliphatic rings. The third kappa shape index (κ3) is 4.33. The fraction of sp³-hybridized carbons (Fsp3) is 0.346. The first-order valence-corrected chi connectivity index (χ1v) is 11.8. The van der Waals surface area contributed by atoms with Gasteiger partial charge in [-0.1, -0.05) is 30.3 Å². The zero-order valence-corrected chi connectivity index (χ0v) is 18.5. The fourth-order valence-electron chi connectivity index (χ4n) is 4.68. The van der Waals surface area contributed by atoms with E-state index in [1.807, 2.05) is 40.9 Å². The lowest BCUT2D eigenvalue weighted by Gasteiger charge is -2.32. The van der Waals surface area contributed by atoms with Crippen molar-refractivity contribution in [3.8, 4) is 22.5 Å². The van der Waals surface area contributed by atoms with E-state index in [0.29, 0.717) is 17.7 Å². The zero-order chi connectivity index (χ0) is 22.2. The summed E-state index contributed by atoms with van der Waals surface area (Å²) >= 11 is 0. The molecule has 0 bridgehead atoms. The summed E-state index contributed by atoms with van der Waals surface area (Å²) in [6.07, 6.45) is 9.80. The van der Waals surface area contributed by atoms with E-state index in [1.165, 1.54) is 25.6 Å². The standard InChI is InChI=1S/C26H27FN6/c27-22-14-29-26(30-21-10-12-32(13-11-21)16-18-6-7-18)31-25(22)23-15-28-24-9-8-20(17-33(23)24)19-4-2-1-3-5-19/h1-5,8-9,14-15,17-18,21H,6-7,10-13,16H2,(H,29,30,31). The molecule has 1 aromatic carbocycles. The molecule has 1 aliphatic heterocycles. The SMILES string of the molecule is Fc1cnc(NC2CCN(CC3CC3)CC2)nc1-c1cnc2ccc(-c3ccccc3)cn12. The van der Waals surface area contributed by atoms with Gasteiger partial charge in [0.05, 0.1) is 18.1 Å². The summed E-state index contributed by atoms with van der Waals surface area (Å²) in [7, 11) is 0. The molecule has 1 saturated heterocycles. The smallest absolute Gasteiger partial charge is 0.223 e. The van der Waals surface area contributed by atoms with E-state index in [2.05, 4.69) is 37.3 Å². The molecule has 6 rings (SSSR count). The van der Waals surface area contributed by atoms with E-state index in [1.54, 1.807) is 6.20 Å². The number of anilines is 1. The van der Waals surface area contributed by atoms with Crippen LogP contribution in [0.25, 0.3) is 28.2 Å². The number of aromatic nitrogens is 4. The maximum Gasteiger partial charge on any atom is 0.223 e. The highest BCUT2D eigenvalue weighted by Gasteiger charge is 2.27. The van der Waals surface area contributed by atoms with Gasteiger partial charge in [-0.25, -0.2) is 19.3 Å². The summed E-state index contributed by atoms with van der Waals surface area (Å²) in [5.74, 6) is 0.943. The molecule has 3 aromatic heterocycles. The molecule has 0 amide bonds. The van der Waals surface area contributed by atoms with Gasteiger partial charge in [-0.05, 0) is 54.9 Å². The van der Waals surface area contributed by atoms with Crippen molar-refractivity contribution in [2.75, 3.05) is 25.0 Å². The van der Waals surface area contributed by atoms with Crippen molar-refractivity contribution in [3.63, 3.8) is 0 Å². The van der Waals surface area contributed by atoms with Crippen LogP contribution in [-0.4, -0.2) is 49.9 Å². The van der Waals surface area contributed by atoms with Crippen LogP contribution in [0.3, 0.4) is 0 Å². The van der Waals surface area contributed by atoms with Crippen molar-refractivity contribution in [2.24, 2.45) is 5.92 Å². The minimum atomic E-state index is -0.452. The number of nitrogens with zero attached hydrogens (tertiary/aromatic N) is 5. The predicted molar refractivity (Wildman–Crippen MR) is 127 cm³/mol. The lowest BCUT2D eigenvalue weighted by atomic mass is 10.0. The monoisotopic (exact) mass is 442 g/mol. The third-order valence-corrected chi connectivity index (χ3v) is 6.73. The van der Waals surface area contributed by atoms with E-state index in [-0.39, 0.29) is 5.69 Å². The number of halogens is 1. The number of benzene rings is 1. The van der Waals surface area contributed by atoms with E-state index in [0.717, 1.165) is 48.6 Å². The van der Waals surface area contributed by atoms with Crippen LogP contribution in [0, 0.1) is 11.7 Å². The first-order chi connectivity index (χ1) is 16.2. The average Bonchev–Trinajstić information content (AvgIpc) is 3.57. The van der Waals surface area contributed by atoms with Gasteiger partial charge in [-0.15, -0.1) is 0 Å². The molecule has 1 aliphatic carbocycles. The van der Waals surface area contributed by atoms with Crippen molar-refractivity contribution in [1.29, 1.82) is 0 Å². The van der Waals surface area contributed by atoms with E-state index in [9.17, 15) is 4.39 Å². The maximum absolute atomic E-state index is 14.8. The molecule has 0 radical (unpaired) electrons. The minimum absolute atomic E-state index is 0.261. The second-order valence-corrected chi connectivity index (χ2v) is 9.21. The quantitative estimate of drug-likeness (QED) is 0.461. The number of nitrogens with one attached hydrogen (secondary N) is 1. The summed E-state index contributed by atoms with van der Waals surface area (Å²) in [6.45, 7) is 3.43. The number of imidazole rings is 1. The van der Waals surface area contributed by atoms with Gasteiger partial charge in [0.25, 0.3) is 0 Å². The largest absolute Gasteiger partial charge is 0.351 e. The van der Waals surface area contributed by atoms with Gasteiger partial charge < -0.3 is 10.2 Å². The van der Waals surface area contributed by atoms with Crippen molar-refractivity contribution >= 4 is 11.6 Å². The van der Waals surface area contributed by atoms with Gasteiger partial charge in [-0.2, -0.15) is 0 Å². The first-order valence-electron chi connectivity index (χ1n) is 11.8. The number of pyridine rings is 1. The Bertz CT molecular complexity index is 1260. The van der Waals surface area contributed by atoms with Crippen molar-refractivity contribution in [1.82, 2.24) is 24.3 Å². The van der Waals surface area contributed by atoms with Crippen LogP contribution in [0.4, 0.5) is 10.3 Å². The van der Waals surface area contributed by atoms with E-state index >= 15 is 0 Å². The highest BCUT2D eigenvalue weighted by atomic mass is 19.1. The number of rotatable bonds is 6. The Morgan fingerprint density at radius 3 is 2.52 bits per heavy atom. The van der Waals surface area contributed by atoms with Crippen LogP contribution in [0.5, 0.6) is 0 Å². The summed E-state index contributed by atoms with van der Waals surface area (Å²) in [6, 6.07) is 14.4. The molecular formula is C26H27FN6. The molecule has 0 spiro atoms. The highest BCUT2D eigenvalue weighted by molar-refractivity contribution is 5.68. The van der Waals surface area contributed by atoms with Gasteiger partial charge in [-0.3, -0.25) is 4.40 Å². The molecule has 6 nitrogen and oxygen atoms in total. The number of hydrogen-bond donors (Lipinski definition) is 1. The molecule has 1 N–H and O–H groups in total. The Balaban J connectivity index is 1.24. The van der Waals surface area contributed by atoms with E-state index < -0.39 is 5.82 Å².